The van der Waals surface area contributed by atoms with Crippen LogP contribution in [-0.4, -0.2) is 50.7 Å². The molecule has 1 fully saturated rings. The molecule has 192 valence electrons. The van der Waals surface area contributed by atoms with Crippen LogP contribution in [-0.2, 0) is 0 Å². The van der Waals surface area contributed by atoms with Gasteiger partial charge in [0.05, 0.1) is 22.7 Å². The van der Waals surface area contributed by atoms with Crippen molar-refractivity contribution in [3.05, 3.63) is 0 Å². The predicted octanol–water partition coefficient (Wildman–Crippen LogP) is 8.67. The average Bonchev–Trinajstić information content (AvgIpc) is 3.02. The molecule has 0 aromatic rings. The first-order valence-electron chi connectivity index (χ1n) is 14.0. The second kappa shape index (κ2) is 20.1. The van der Waals surface area contributed by atoms with Gasteiger partial charge >= 0.3 is 0 Å². The summed E-state index contributed by atoms with van der Waals surface area (Å²) < 4.78 is 0. The van der Waals surface area contributed by atoms with Crippen LogP contribution >= 0.6 is 31.9 Å². The van der Waals surface area contributed by atoms with Crippen LogP contribution < -0.4 is 0 Å². The number of rotatable bonds is 21. The van der Waals surface area contributed by atoms with Crippen molar-refractivity contribution in [2.75, 3.05) is 19.7 Å². The minimum atomic E-state index is 0.228. The molecule has 1 heterocycles. The molecule has 5 heteroatoms. The lowest BCUT2D eigenvalue weighted by Gasteiger charge is -2.35. The van der Waals surface area contributed by atoms with Gasteiger partial charge in [-0.05, 0) is 18.8 Å². The van der Waals surface area contributed by atoms with Crippen LogP contribution in [0.25, 0.3) is 0 Å². The zero-order valence-corrected chi connectivity index (χ0v) is 24.7. The summed E-state index contributed by atoms with van der Waals surface area (Å²) >= 11 is 7.81. The molecule has 0 amide bonds. The summed E-state index contributed by atoms with van der Waals surface area (Å²) in [6.45, 7) is 9.08. The number of unbranched alkanes of at least 4 members (excludes halogenated alkanes) is 14. The highest BCUT2D eigenvalue weighted by molar-refractivity contribution is 9.12. The van der Waals surface area contributed by atoms with Crippen LogP contribution in [0.5, 0.6) is 0 Å². The van der Waals surface area contributed by atoms with E-state index in [1.54, 1.807) is 0 Å². The first-order chi connectivity index (χ1) is 15.6. The van der Waals surface area contributed by atoms with Crippen LogP contribution in [0.2, 0.25) is 0 Å². The molecular formula is C27H54Br2N2O. The summed E-state index contributed by atoms with van der Waals surface area (Å²) in [6, 6.07) is 0. The van der Waals surface area contributed by atoms with E-state index in [0.29, 0.717) is 17.0 Å². The molecule has 1 aliphatic heterocycles. The van der Waals surface area contributed by atoms with Crippen LogP contribution in [0, 0.1) is 5.92 Å². The van der Waals surface area contributed by atoms with Gasteiger partial charge in [-0.2, -0.15) is 0 Å². The van der Waals surface area contributed by atoms with Crippen molar-refractivity contribution in [3.8, 4) is 0 Å². The molecule has 0 aromatic carbocycles. The molecule has 1 N–H and O–H groups in total. The third-order valence-corrected chi connectivity index (χ3v) is 9.95. The second-order valence-electron chi connectivity index (χ2n) is 10.1. The Labute approximate surface area is 217 Å². The number of hydrogen-bond acceptors (Lipinski definition) is 3. The van der Waals surface area contributed by atoms with E-state index in [4.69, 9.17) is 0 Å². The largest absolute Gasteiger partial charge is 0.395 e. The molecule has 32 heavy (non-hydrogen) atoms. The zero-order chi connectivity index (χ0) is 23.6. The second-order valence-corrected chi connectivity index (χ2v) is 12.0. The van der Waals surface area contributed by atoms with Crippen LogP contribution in [0.1, 0.15) is 130 Å². The summed E-state index contributed by atoms with van der Waals surface area (Å²) in [5.74, 6) is 0.623. The third-order valence-electron chi connectivity index (χ3n) is 7.19. The molecule has 4 unspecified atom stereocenters. The fraction of sp³-hybridized carbons (Fsp3) is 1.00. The van der Waals surface area contributed by atoms with E-state index in [1.807, 2.05) is 0 Å². The molecule has 1 saturated heterocycles. The normalized spacial score (nSPS) is 23.2. The molecule has 0 saturated carbocycles. The summed E-state index contributed by atoms with van der Waals surface area (Å²) in [5.41, 5.74) is 0. The topological polar surface area (TPSA) is 26.7 Å². The van der Waals surface area contributed by atoms with Crippen molar-refractivity contribution in [2.45, 2.75) is 146 Å². The average molecular weight is 583 g/mol. The Morgan fingerprint density at radius 1 is 0.625 bits per heavy atom. The summed E-state index contributed by atoms with van der Waals surface area (Å²) in [5, 5.41) is 9.60. The summed E-state index contributed by atoms with van der Waals surface area (Å²) in [7, 11) is 0. The standard InChI is InChI=1S/C27H54Br2N2O/c1-4-6-8-9-10-11-12-13-14-15-16-17-18-19-20-24(3)27-30(21-7-5-2)25(28)26(29)31(27)22-23-32/h24-27,32H,4-23H2,1-3H3. The van der Waals surface area contributed by atoms with Gasteiger partial charge in [-0.3, -0.25) is 9.80 Å². The molecule has 3 nitrogen and oxygen atoms in total. The lowest BCUT2D eigenvalue weighted by Crippen LogP contribution is -2.46. The van der Waals surface area contributed by atoms with Gasteiger partial charge in [-0.15, -0.1) is 0 Å². The van der Waals surface area contributed by atoms with Gasteiger partial charge < -0.3 is 5.11 Å². The Hall–Kier alpha value is 0.840. The minimum Gasteiger partial charge on any atom is -0.395 e. The van der Waals surface area contributed by atoms with Crippen molar-refractivity contribution in [1.82, 2.24) is 9.80 Å². The molecule has 0 spiro atoms. The third kappa shape index (κ3) is 12.0. The van der Waals surface area contributed by atoms with Crippen LogP contribution in [0.3, 0.4) is 0 Å². The Kier molecular flexibility index (Phi) is 19.4. The van der Waals surface area contributed by atoms with Crippen LogP contribution in [0.15, 0.2) is 0 Å². The lowest BCUT2D eigenvalue weighted by molar-refractivity contribution is 0.0624. The summed E-state index contributed by atoms with van der Waals surface area (Å²) in [6.07, 6.45) is 24.0. The zero-order valence-electron chi connectivity index (χ0n) is 21.5. The van der Waals surface area contributed by atoms with Crippen molar-refractivity contribution in [3.63, 3.8) is 0 Å². The van der Waals surface area contributed by atoms with Crippen molar-refractivity contribution in [1.29, 1.82) is 0 Å². The Morgan fingerprint density at radius 3 is 1.47 bits per heavy atom. The van der Waals surface area contributed by atoms with E-state index in [0.717, 1.165) is 13.1 Å². The van der Waals surface area contributed by atoms with Gasteiger partial charge in [0.15, 0.2) is 0 Å². The fourth-order valence-electron chi connectivity index (χ4n) is 5.23. The van der Waals surface area contributed by atoms with E-state index < -0.39 is 0 Å². The number of hydrogen-bond donors (Lipinski definition) is 1. The molecular weight excluding hydrogens is 528 g/mol. The monoisotopic (exact) mass is 580 g/mol. The van der Waals surface area contributed by atoms with E-state index in [-0.39, 0.29) is 11.6 Å². The maximum absolute atomic E-state index is 9.60. The molecule has 1 aliphatic rings. The highest BCUT2D eigenvalue weighted by Gasteiger charge is 2.45. The Morgan fingerprint density at radius 2 is 1.03 bits per heavy atom. The van der Waals surface area contributed by atoms with Gasteiger partial charge in [0.2, 0.25) is 0 Å². The van der Waals surface area contributed by atoms with Crippen molar-refractivity contribution >= 4 is 31.9 Å². The van der Waals surface area contributed by atoms with Crippen LogP contribution in [0.4, 0.5) is 0 Å². The smallest absolute Gasteiger partial charge is 0.0928 e. The molecule has 4 atom stereocenters. The number of alkyl halides is 2. The van der Waals surface area contributed by atoms with Gasteiger partial charge in [0.1, 0.15) is 0 Å². The molecule has 1 rings (SSSR count). The number of halogens is 2. The van der Waals surface area contributed by atoms with Gasteiger partial charge in [0, 0.05) is 13.1 Å². The molecule has 0 aromatic heterocycles. The Balaban J connectivity index is 2.16. The minimum absolute atomic E-state index is 0.228. The van der Waals surface area contributed by atoms with Gasteiger partial charge in [-0.1, -0.05) is 149 Å². The number of β-amino-alcohol motifs (C(OH)–C–C–N with tert-alkyl or cyclic N) is 1. The van der Waals surface area contributed by atoms with Crippen molar-refractivity contribution in [2.24, 2.45) is 5.92 Å². The quantitative estimate of drug-likeness (QED) is 0.0834. The van der Waals surface area contributed by atoms with E-state index in [9.17, 15) is 5.11 Å². The van der Waals surface area contributed by atoms with E-state index >= 15 is 0 Å². The molecule has 0 bridgehead atoms. The van der Waals surface area contributed by atoms with Crippen molar-refractivity contribution < 1.29 is 5.11 Å². The molecule has 0 aliphatic carbocycles. The maximum Gasteiger partial charge on any atom is 0.0928 e. The predicted molar refractivity (Wildman–Crippen MR) is 149 cm³/mol. The van der Waals surface area contributed by atoms with E-state index in [1.165, 1.54) is 109 Å². The number of nitrogens with zero attached hydrogens (tertiary/aromatic N) is 2. The van der Waals surface area contributed by atoms with E-state index in [2.05, 4.69) is 62.4 Å². The first-order valence-corrected chi connectivity index (χ1v) is 15.8. The maximum atomic E-state index is 9.60. The number of aliphatic hydroxyl groups excluding tert-OH is 1. The first kappa shape index (κ1) is 30.9. The highest BCUT2D eigenvalue weighted by atomic mass is 79.9. The van der Waals surface area contributed by atoms with Gasteiger partial charge in [0.25, 0.3) is 0 Å². The van der Waals surface area contributed by atoms with Gasteiger partial charge in [-0.25, -0.2) is 0 Å². The summed E-state index contributed by atoms with van der Waals surface area (Å²) in [4.78, 5) is 5.68. The lowest BCUT2D eigenvalue weighted by atomic mass is 9.97. The Bertz CT molecular complexity index is 426. The molecule has 0 radical (unpaired) electrons. The SMILES string of the molecule is CCCCCCCCCCCCCCCCC(C)C1N(CCO)C(Br)C(Br)N1CCCC. The highest BCUT2D eigenvalue weighted by Crippen LogP contribution is 2.38. The number of aliphatic hydroxyl groups is 1. The fourth-order valence-corrected chi connectivity index (χ4v) is 6.73.